The Morgan fingerprint density at radius 3 is 2.88 bits per heavy atom. The van der Waals surface area contributed by atoms with Gasteiger partial charge in [-0.05, 0) is 24.3 Å². The maximum atomic E-state index is 13.9. The number of H-pyrrole nitrogens is 1. The Morgan fingerprint density at radius 1 is 1.38 bits per heavy atom. The number of aromatic nitrogens is 1. The molecule has 24 heavy (non-hydrogen) atoms. The van der Waals surface area contributed by atoms with Gasteiger partial charge in [0, 0.05) is 37.5 Å². The first kappa shape index (κ1) is 16.7. The van der Waals surface area contributed by atoms with Gasteiger partial charge in [0.15, 0.2) is 0 Å². The molecule has 1 saturated heterocycles. The molecule has 1 N–H and O–H groups in total. The Hall–Kier alpha value is -2.15. The second kappa shape index (κ2) is 6.39. The number of amides is 1. The molecule has 1 aliphatic heterocycles. The van der Waals surface area contributed by atoms with Crippen molar-refractivity contribution in [2.24, 2.45) is 5.92 Å². The van der Waals surface area contributed by atoms with Crippen molar-refractivity contribution in [3.05, 3.63) is 30.0 Å². The quantitative estimate of drug-likeness (QED) is 0.933. The smallest absolute Gasteiger partial charge is 0.270 e. The third kappa shape index (κ3) is 3.08. The molecule has 1 aromatic heterocycles. The molecule has 0 aliphatic carbocycles. The van der Waals surface area contributed by atoms with Crippen LogP contribution in [0, 0.1) is 5.92 Å². The summed E-state index contributed by atoms with van der Waals surface area (Å²) in [6.07, 6.45) is -0.346. The number of benzene rings is 1. The average molecular weight is 338 g/mol. The van der Waals surface area contributed by atoms with Crippen molar-refractivity contribution in [2.75, 3.05) is 33.9 Å². The number of halogens is 2. The number of methoxy groups -OCH3 is 2. The number of rotatable bonds is 4. The first-order valence-corrected chi connectivity index (χ1v) is 7.77. The number of nitrogens with one attached hydrogen (secondary N) is 1. The van der Waals surface area contributed by atoms with Gasteiger partial charge in [-0.1, -0.05) is 0 Å². The maximum Gasteiger partial charge on any atom is 0.270 e. The fraction of sp³-hybridized carbons (Fsp3) is 0.471. The summed E-state index contributed by atoms with van der Waals surface area (Å²) in [4.78, 5) is 17.2. The lowest BCUT2D eigenvalue weighted by molar-refractivity contribution is -0.118. The number of carbonyl (C=O) groups excluding carboxylic acids is 1. The number of carbonyl (C=O) groups is 1. The van der Waals surface area contributed by atoms with Crippen molar-refractivity contribution in [3.8, 4) is 5.75 Å². The monoisotopic (exact) mass is 338 g/mol. The average Bonchev–Trinajstić information content (AvgIpc) is 2.99. The molecule has 1 fully saturated rings. The molecule has 0 spiro atoms. The zero-order chi connectivity index (χ0) is 17.3. The Kier molecular flexibility index (Phi) is 4.45. The first-order chi connectivity index (χ1) is 11.4. The Bertz CT molecular complexity index is 745. The fourth-order valence-electron chi connectivity index (χ4n) is 3.06. The van der Waals surface area contributed by atoms with Gasteiger partial charge in [-0.25, -0.2) is 8.78 Å². The van der Waals surface area contributed by atoms with E-state index in [9.17, 15) is 13.6 Å². The molecular formula is C17H20F2N2O3. The van der Waals surface area contributed by atoms with Gasteiger partial charge >= 0.3 is 0 Å². The van der Waals surface area contributed by atoms with E-state index in [-0.39, 0.29) is 32.0 Å². The number of piperidine rings is 1. The zero-order valence-electron chi connectivity index (χ0n) is 13.6. The standard InChI is InChI=1S/C17H20F2N2O3/c1-23-10-12-9-21(6-5-17(12,18)19)16(22)15-8-11-7-13(24-2)3-4-14(11)20-15/h3-4,7-8,12,20H,5-6,9-10H2,1-2H3. The number of alkyl halides is 2. The van der Waals surface area contributed by atoms with E-state index in [1.165, 1.54) is 12.0 Å². The second-order valence-electron chi connectivity index (χ2n) is 6.05. The molecule has 0 saturated carbocycles. The van der Waals surface area contributed by atoms with Crippen molar-refractivity contribution >= 4 is 16.8 Å². The minimum atomic E-state index is -2.80. The summed E-state index contributed by atoms with van der Waals surface area (Å²) in [6.45, 7) is -0.0518. The number of ether oxygens (including phenoxy) is 2. The van der Waals surface area contributed by atoms with E-state index in [1.807, 2.05) is 12.1 Å². The highest BCUT2D eigenvalue weighted by atomic mass is 19.3. The SMILES string of the molecule is COCC1CN(C(=O)c2cc3cc(OC)ccc3[nH]2)CCC1(F)F. The molecule has 1 amide bonds. The normalized spacial score (nSPS) is 20.3. The molecular weight excluding hydrogens is 318 g/mol. The van der Waals surface area contributed by atoms with E-state index < -0.39 is 11.8 Å². The van der Waals surface area contributed by atoms with E-state index in [0.717, 1.165) is 10.9 Å². The number of hydrogen-bond donors (Lipinski definition) is 1. The van der Waals surface area contributed by atoms with Gasteiger partial charge in [-0.2, -0.15) is 0 Å². The second-order valence-corrected chi connectivity index (χ2v) is 6.05. The number of hydrogen-bond acceptors (Lipinski definition) is 3. The summed E-state index contributed by atoms with van der Waals surface area (Å²) in [5.41, 5.74) is 1.19. The fourth-order valence-corrected chi connectivity index (χ4v) is 3.06. The van der Waals surface area contributed by atoms with Gasteiger partial charge in [-0.15, -0.1) is 0 Å². The highest BCUT2D eigenvalue weighted by Gasteiger charge is 2.45. The molecule has 5 nitrogen and oxygen atoms in total. The van der Waals surface area contributed by atoms with Crippen LogP contribution in [0.1, 0.15) is 16.9 Å². The van der Waals surface area contributed by atoms with Crippen molar-refractivity contribution < 1.29 is 23.0 Å². The van der Waals surface area contributed by atoms with Crippen LogP contribution in [0.5, 0.6) is 5.75 Å². The Morgan fingerprint density at radius 2 is 2.17 bits per heavy atom. The first-order valence-electron chi connectivity index (χ1n) is 7.77. The highest BCUT2D eigenvalue weighted by Crippen LogP contribution is 2.34. The van der Waals surface area contributed by atoms with E-state index in [1.54, 1.807) is 19.2 Å². The molecule has 1 atom stereocenters. The van der Waals surface area contributed by atoms with Crippen LogP contribution < -0.4 is 4.74 Å². The van der Waals surface area contributed by atoms with E-state index >= 15 is 0 Å². The number of aromatic amines is 1. The third-order valence-electron chi connectivity index (χ3n) is 4.47. The molecule has 2 heterocycles. The Labute approximate surface area is 138 Å². The maximum absolute atomic E-state index is 13.9. The molecule has 1 unspecified atom stereocenters. The largest absolute Gasteiger partial charge is 0.497 e. The van der Waals surface area contributed by atoms with E-state index in [2.05, 4.69) is 4.98 Å². The Balaban J connectivity index is 1.81. The molecule has 3 rings (SSSR count). The summed E-state index contributed by atoms with van der Waals surface area (Å²) in [5.74, 6) is -3.37. The van der Waals surface area contributed by atoms with Crippen molar-refractivity contribution in [2.45, 2.75) is 12.3 Å². The summed E-state index contributed by atoms with van der Waals surface area (Å²) >= 11 is 0. The van der Waals surface area contributed by atoms with Crippen LogP contribution in [-0.4, -0.2) is 55.6 Å². The number of likely N-dealkylation sites (tertiary alicyclic amines) is 1. The van der Waals surface area contributed by atoms with Crippen LogP contribution in [0.15, 0.2) is 24.3 Å². The third-order valence-corrected chi connectivity index (χ3v) is 4.47. The molecule has 0 bridgehead atoms. The van der Waals surface area contributed by atoms with Gasteiger partial charge in [0.25, 0.3) is 11.8 Å². The van der Waals surface area contributed by atoms with Crippen LogP contribution in [0.4, 0.5) is 8.78 Å². The molecule has 1 aliphatic rings. The topological polar surface area (TPSA) is 54.6 Å². The number of nitrogens with zero attached hydrogens (tertiary/aromatic N) is 1. The number of fused-ring (bicyclic) bond motifs is 1. The van der Waals surface area contributed by atoms with Gasteiger partial charge in [0.1, 0.15) is 11.4 Å². The van der Waals surface area contributed by atoms with Crippen LogP contribution >= 0.6 is 0 Å². The zero-order valence-corrected chi connectivity index (χ0v) is 13.6. The van der Waals surface area contributed by atoms with Crippen molar-refractivity contribution in [1.29, 1.82) is 0 Å². The van der Waals surface area contributed by atoms with Crippen molar-refractivity contribution in [1.82, 2.24) is 9.88 Å². The summed E-state index contributed by atoms with van der Waals surface area (Å²) in [6, 6.07) is 7.16. The van der Waals surface area contributed by atoms with Crippen LogP contribution in [0.3, 0.4) is 0 Å². The van der Waals surface area contributed by atoms with Gasteiger partial charge in [-0.3, -0.25) is 4.79 Å². The summed E-state index contributed by atoms with van der Waals surface area (Å²) in [5, 5.41) is 0.841. The van der Waals surface area contributed by atoms with Crippen LogP contribution in [0.25, 0.3) is 10.9 Å². The van der Waals surface area contributed by atoms with Crippen LogP contribution in [-0.2, 0) is 4.74 Å². The van der Waals surface area contributed by atoms with Gasteiger partial charge in [0.2, 0.25) is 0 Å². The molecule has 1 aromatic carbocycles. The van der Waals surface area contributed by atoms with Gasteiger partial charge in [0.05, 0.1) is 19.6 Å². The lowest BCUT2D eigenvalue weighted by atomic mass is 9.94. The lowest BCUT2D eigenvalue weighted by Crippen LogP contribution is -2.50. The minimum Gasteiger partial charge on any atom is -0.497 e. The summed E-state index contributed by atoms with van der Waals surface area (Å²) < 4.78 is 37.9. The highest BCUT2D eigenvalue weighted by molar-refractivity contribution is 5.98. The lowest BCUT2D eigenvalue weighted by Gasteiger charge is -2.37. The minimum absolute atomic E-state index is 0.0155. The van der Waals surface area contributed by atoms with E-state index in [4.69, 9.17) is 9.47 Å². The molecule has 0 radical (unpaired) electrons. The summed E-state index contributed by atoms with van der Waals surface area (Å²) in [7, 11) is 2.96. The predicted octanol–water partition coefficient (Wildman–Crippen LogP) is 2.92. The molecule has 7 heteroatoms. The molecule has 2 aromatic rings. The van der Waals surface area contributed by atoms with Crippen molar-refractivity contribution in [3.63, 3.8) is 0 Å². The molecule has 130 valence electrons. The van der Waals surface area contributed by atoms with Gasteiger partial charge < -0.3 is 19.4 Å². The van der Waals surface area contributed by atoms with E-state index in [0.29, 0.717) is 11.4 Å². The predicted molar refractivity (Wildman–Crippen MR) is 85.7 cm³/mol. The van der Waals surface area contributed by atoms with Crippen LogP contribution in [0.2, 0.25) is 0 Å².